The van der Waals surface area contributed by atoms with E-state index in [9.17, 15) is 9.18 Å². The van der Waals surface area contributed by atoms with E-state index in [1.807, 2.05) is 13.8 Å². The molecule has 2 aromatic heterocycles. The van der Waals surface area contributed by atoms with Gasteiger partial charge in [0.1, 0.15) is 17.6 Å². The summed E-state index contributed by atoms with van der Waals surface area (Å²) in [5.74, 6) is -0.224. The lowest BCUT2D eigenvalue weighted by Gasteiger charge is -2.15. The van der Waals surface area contributed by atoms with E-state index in [2.05, 4.69) is 25.7 Å². The van der Waals surface area contributed by atoms with Crippen LogP contribution in [0.1, 0.15) is 59.3 Å². The summed E-state index contributed by atoms with van der Waals surface area (Å²) >= 11 is 0. The van der Waals surface area contributed by atoms with Gasteiger partial charge in [0, 0.05) is 18.2 Å². The van der Waals surface area contributed by atoms with E-state index in [1.165, 1.54) is 6.07 Å². The van der Waals surface area contributed by atoms with Gasteiger partial charge >= 0.3 is 0 Å². The van der Waals surface area contributed by atoms with Crippen LogP contribution < -0.4 is 5.32 Å². The average Bonchev–Trinajstić information content (AvgIpc) is 3.22. The Morgan fingerprint density at radius 2 is 2.08 bits per heavy atom. The summed E-state index contributed by atoms with van der Waals surface area (Å²) in [6.45, 7) is 5.60. The summed E-state index contributed by atoms with van der Waals surface area (Å²) in [7, 11) is 0. The fourth-order valence-electron chi connectivity index (χ4n) is 2.38. The zero-order valence-electron chi connectivity index (χ0n) is 14.1. The van der Waals surface area contributed by atoms with Crippen molar-refractivity contribution in [1.29, 1.82) is 0 Å². The molecule has 1 amide bonds. The summed E-state index contributed by atoms with van der Waals surface area (Å²) in [6.07, 6.45) is 0. The van der Waals surface area contributed by atoms with Crippen LogP contribution in [0.25, 0.3) is 0 Å². The third kappa shape index (κ3) is 3.57. The van der Waals surface area contributed by atoms with Crippen molar-refractivity contribution in [3.63, 3.8) is 0 Å². The van der Waals surface area contributed by atoms with E-state index >= 15 is 0 Å². The van der Waals surface area contributed by atoms with Gasteiger partial charge in [-0.1, -0.05) is 37.2 Å². The number of carbonyl (C=O) groups excluding carboxylic acids is 1. The second kappa shape index (κ2) is 6.84. The number of nitrogens with zero attached hydrogens (tertiary/aromatic N) is 3. The minimum absolute atomic E-state index is 0.176. The fraction of sp³-hybridized carbons (Fsp3) is 0.294. The Bertz CT molecular complexity index is 887. The second-order valence-corrected chi connectivity index (χ2v) is 5.96. The molecule has 0 bridgehead atoms. The molecule has 1 atom stereocenters. The van der Waals surface area contributed by atoms with Crippen LogP contribution in [-0.2, 0) is 0 Å². The van der Waals surface area contributed by atoms with Crippen LogP contribution in [-0.4, -0.2) is 26.2 Å². The molecule has 2 heterocycles. The predicted molar refractivity (Wildman–Crippen MR) is 87.4 cm³/mol. The van der Waals surface area contributed by atoms with Crippen LogP contribution in [0.4, 0.5) is 4.39 Å². The molecule has 130 valence electrons. The van der Waals surface area contributed by atoms with E-state index in [4.69, 9.17) is 4.52 Å². The first-order valence-corrected chi connectivity index (χ1v) is 7.86. The van der Waals surface area contributed by atoms with Crippen LogP contribution in [0.15, 0.2) is 34.9 Å². The van der Waals surface area contributed by atoms with E-state index in [1.54, 1.807) is 31.2 Å². The molecule has 7 nitrogen and oxygen atoms in total. The fourth-order valence-corrected chi connectivity index (χ4v) is 2.38. The number of hydrogen-bond donors (Lipinski definition) is 2. The van der Waals surface area contributed by atoms with Gasteiger partial charge in [-0.15, -0.1) is 0 Å². The highest BCUT2D eigenvalue weighted by molar-refractivity contribution is 5.92. The Labute approximate surface area is 143 Å². The van der Waals surface area contributed by atoms with Gasteiger partial charge in [0.2, 0.25) is 5.89 Å². The van der Waals surface area contributed by atoms with Crippen molar-refractivity contribution in [2.75, 3.05) is 0 Å². The molecule has 25 heavy (non-hydrogen) atoms. The highest BCUT2D eigenvalue weighted by Crippen LogP contribution is 2.23. The molecule has 8 heteroatoms. The number of rotatable bonds is 5. The van der Waals surface area contributed by atoms with Gasteiger partial charge in [-0.25, -0.2) is 4.39 Å². The monoisotopic (exact) mass is 343 g/mol. The molecule has 0 radical (unpaired) electrons. The molecule has 0 unspecified atom stereocenters. The summed E-state index contributed by atoms with van der Waals surface area (Å²) in [5.41, 5.74) is 1.30. The van der Waals surface area contributed by atoms with E-state index < -0.39 is 17.8 Å². The third-order valence-electron chi connectivity index (χ3n) is 3.75. The molecule has 1 aromatic carbocycles. The molecule has 3 aromatic rings. The number of nitrogens with one attached hydrogen (secondary N) is 2. The molecule has 2 N–H and O–H groups in total. The molecular formula is C17H18FN5O2. The number of carbonyl (C=O) groups is 1. The number of H-pyrrole nitrogens is 1. The molecule has 0 aliphatic rings. The quantitative estimate of drug-likeness (QED) is 0.742. The number of amides is 1. The lowest BCUT2D eigenvalue weighted by Crippen LogP contribution is -2.31. The lowest BCUT2D eigenvalue weighted by atomic mass is 10.1. The molecule has 0 saturated carbocycles. The number of aromatic nitrogens is 4. The second-order valence-electron chi connectivity index (χ2n) is 5.96. The van der Waals surface area contributed by atoms with Crippen molar-refractivity contribution >= 4 is 5.91 Å². The summed E-state index contributed by atoms with van der Waals surface area (Å²) in [5, 5.41) is 13.4. The highest BCUT2D eigenvalue weighted by atomic mass is 19.1. The standard InChI is InChI=1S/C17H18FN5O2/c1-9(2)13-8-14(22-21-13)17(24)20-15(16-19-10(3)25-23-16)11-6-4-5-7-12(11)18/h4-9,15H,1-3H3,(H,20,24)(H,21,22)/t15-/m1/s1. The zero-order chi connectivity index (χ0) is 18.0. The number of aryl methyl sites for hydroxylation is 1. The molecule has 0 fully saturated rings. The van der Waals surface area contributed by atoms with Gasteiger partial charge in [-0.05, 0) is 18.1 Å². The molecular weight excluding hydrogens is 325 g/mol. The Kier molecular flexibility index (Phi) is 4.60. The van der Waals surface area contributed by atoms with Crippen molar-refractivity contribution in [1.82, 2.24) is 25.7 Å². The van der Waals surface area contributed by atoms with Crippen molar-refractivity contribution in [2.45, 2.75) is 32.7 Å². The van der Waals surface area contributed by atoms with Crippen LogP contribution in [0.3, 0.4) is 0 Å². The molecule has 3 rings (SSSR count). The Morgan fingerprint density at radius 3 is 2.68 bits per heavy atom. The van der Waals surface area contributed by atoms with Crippen LogP contribution in [0.5, 0.6) is 0 Å². The Balaban J connectivity index is 1.92. The average molecular weight is 343 g/mol. The molecule has 0 aliphatic carbocycles. The van der Waals surface area contributed by atoms with Crippen molar-refractivity contribution < 1.29 is 13.7 Å². The first kappa shape index (κ1) is 16.8. The van der Waals surface area contributed by atoms with Gasteiger partial charge in [-0.3, -0.25) is 9.89 Å². The van der Waals surface area contributed by atoms with Crippen LogP contribution >= 0.6 is 0 Å². The van der Waals surface area contributed by atoms with Crippen LogP contribution in [0.2, 0.25) is 0 Å². The summed E-state index contributed by atoms with van der Waals surface area (Å²) in [6, 6.07) is 6.91. The third-order valence-corrected chi connectivity index (χ3v) is 3.75. The predicted octanol–water partition coefficient (Wildman–Crippen LogP) is 2.88. The van der Waals surface area contributed by atoms with E-state index in [0.717, 1.165) is 5.69 Å². The summed E-state index contributed by atoms with van der Waals surface area (Å²) in [4.78, 5) is 16.7. The van der Waals surface area contributed by atoms with E-state index in [0.29, 0.717) is 5.89 Å². The number of halogens is 1. The molecule has 0 saturated heterocycles. The first-order chi connectivity index (χ1) is 12.0. The van der Waals surface area contributed by atoms with Crippen molar-refractivity contribution in [3.8, 4) is 0 Å². The topological polar surface area (TPSA) is 96.7 Å². The van der Waals surface area contributed by atoms with E-state index in [-0.39, 0.29) is 23.0 Å². The Hall–Kier alpha value is -3.03. The van der Waals surface area contributed by atoms with Gasteiger partial charge < -0.3 is 9.84 Å². The number of hydrogen-bond acceptors (Lipinski definition) is 5. The van der Waals surface area contributed by atoms with Crippen molar-refractivity contribution in [2.24, 2.45) is 0 Å². The van der Waals surface area contributed by atoms with Gasteiger partial charge in [-0.2, -0.15) is 10.1 Å². The van der Waals surface area contributed by atoms with Gasteiger partial charge in [0.25, 0.3) is 5.91 Å². The molecule has 0 aliphatic heterocycles. The minimum Gasteiger partial charge on any atom is -0.340 e. The molecule has 0 spiro atoms. The number of aromatic amines is 1. The summed E-state index contributed by atoms with van der Waals surface area (Å²) < 4.78 is 19.2. The lowest BCUT2D eigenvalue weighted by molar-refractivity contribution is 0.0935. The van der Waals surface area contributed by atoms with Crippen LogP contribution in [0, 0.1) is 12.7 Å². The highest BCUT2D eigenvalue weighted by Gasteiger charge is 2.26. The number of benzene rings is 1. The minimum atomic E-state index is -0.884. The normalized spacial score (nSPS) is 12.4. The maximum Gasteiger partial charge on any atom is 0.272 e. The maximum absolute atomic E-state index is 14.2. The van der Waals surface area contributed by atoms with Gasteiger partial charge in [0.15, 0.2) is 5.82 Å². The first-order valence-electron chi connectivity index (χ1n) is 7.86. The smallest absolute Gasteiger partial charge is 0.272 e. The zero-order valence-corrected chi connectivity index (χ0v) is 14.1. The maximum atomic E-state index is 14.2. The Morgan fingerprint density at radius 1 is 1.32 bits per heavy atom. The van der Waals surface area contributed by atoms with Crippen molar-refractivity contribution in [3.05, 3.63) is 64.8 Å². The SMILES string of the molecule is Cc1nc([C@H](NC(=O)c2cc(C(C)C)[nH]n2)c2ccccc2F)no1. The largest absolute Gasteiger partial charge is 0.340 e. The van der Waals surface area contributed by atoms with Gasteiger partial charge in [0.05, 0.1) is 0 Å².